The topological polar surface area (TPSA) is 109 Å². The van der Waals surface area contributed by atoms with Gasteiger partial charge in [0.15, 0.2) is 0 Å². The summed E-state index contributed by atoms with van der Waals surface area (Å²) in [5, 5.41) is 4.03. The summed E-state index contributed by atoms with van der Waals surface area (Å²) in [4.78, 5) is 20.2. The Kier molecular flexibility index (Phi) is 5.88. The third-order valence-electron chi connectivity index (χ3n) is 4.35. The number of aryl methyl sites for hydroxylation is 1. The molecule has 0 aliphatic carbocycles. The molecule has 0 radical (unpaired) electrons. The fourth-order valence-electron chi connectivity index (χ4n) is 2.79. The van der Waals surface area contributed by atoms with Crippen molar-refractivity contribution in [2.75, 3.05) is 39.0 Å². The minimum atomic E-state index is -3.37. The van der Waals surface area contributed by atoms with E-state index in [2.05, 4.69) is 19.8 Å². The molecule has 0 saturated carbocycles. The minimum absolute atomic E-state index is 0.206. The summed E-state index contributed by atoms with van der Waals surface area (Å²) >= 11 is 0. The van der Waals surface area contributed by atoms with Crippen LogP contribution in [-0.4, -0.2) is 73.2 Å². The van der Waals surface area contributed by atoms with E-state index in [0.717, 1.165) is 11.8 Å². The molecule has 2 aromatic rings. The number of nitrogens with one attached hydrogen (secondary N) is 1. The molecule has 27 heavy (non-hydrogen) atoms. The summed E-state index contributed by atoms with van der Waals surface area (Å²) in [6.45, 7) is 4.71. The van der Waals surface area contributed by atoms with Crippen LogP contribution in [0.1, 0.15) is 11.5 Å². The van der Waals surface area contributed by atoms with Crippen LogP contribution in [0.25, 0.3) is 11.4 Å². The van der Waals surface area contributed by atoms with E-state index in [1.54, 1.807) is 4.90 Å². The van der Waals surface area contributed by atoms with Gasteiger partial charge in [0.1, 0.15) is 0 Å². The van der Waals surface area contributed by atoms with Gasteiger partial charge in [-0.2, -0.15) is 4.98 Å². The van der Waals surface area contributed by atoms with Crippen molar-refractivity contribution in [2.45, 2.75) is 13.5 Å². The summed E-state index contributed by atoms with van der Waals surface area (Å²) in [6.07, 6.45) is 1.04. The van der Waals surface area contributed by atoms with Gasteiger partial charge in [0, 0.05) is 31.7 Å². The van der Waals surface area contributed by atoms with Crippen molar-refractivity contribution < 1.29 is 17.7 Å². The molecule has 9 nitrogen and oxygen atoms in total. The highest BCUT2D eigenvalue weighted by atomic mass is 32.2. The quantitative estimate of drug-likeness (QED) is 0.749. The molecule has 0 unspecified atom stereocenters. The summed E-state index contributed by atoms with van der Waals surface area (Å²) < 4.78 is 29.7. The summed E-state index contributed by atoms with van der Waals surface area (Å²) in [5.41, 5.74) is 2.08. The lowest BCUT2D eigenvalue weighted by Gasteiger charge is -2.33. The SMILES string of the molecule is Cc1ccc(-c2noc(CN3CCN(C(=O)CNS(C)(=O)=O)CC3)n2)cc1. The smallest absolute Gasteiger partial charge is 0.241 e. The van der Waals surface area contributed by atoms with Crippen LogP contribution in [0.5, 0.6) is 0 Å². The molecule has 10 heteroatoms. The zero-order chi connectivity index (χ0) is 19.4. The van der Waals surface area contributed by atoms with Gasteiger partial charge in [-0.3, -0.25) is 9.69 Å². The lowest BCUT2D eigenvalue weighted by molar-refractivity contribution is -0.131. The molecule has 1 aromatic carbocycles. The second kappa shape index (κ2) is 8.15. The van der Waals surface area contributed by atoms with Crippen molar-refractivity contribution in [1.82, 2.24) is 24.7 Å². The minimum Gasteiger partial charge on any atom is -0.339 e. The molecule has 2 heterocycles. The van der Waals surface area contributed by atoms with E-state index >= 15 is 0 Å². The van der Waals surface area contributed by atoms with Crippen LogP contribution >= 0.6 is 0 Å². The highest BCUT2D eigenvalue weighted by Crippen LogP contribution is 2.17. The van der Waals surface area contributed by atoms with Crippen molar-refractivity contribution in [2.24, 2.45) is 0 Å². The molecule has 0 spiro atoms. The van der Waals surface area contributed by atoms with Crippen LogP contribution in [0.4, 0.5) is 0 Å². The first-order valence-corrected chi connectivity index (χ1v) is 10.5. The molecule has 1 amide bonds. The molecule has 1 fully saturated rings. The van der Waals surface area contributed by atoms with Crippen molar-refractivity contribution in [3.63, 3.8) is 0 Å². The van der Waals surface area contributed by atoms with Crippen LogP contribution in [0.3, 0.4) is 0 Å². The first-order valence-electron chi connectivity index (χ1n) is 8.64. The summed E-state index contributed by atoms with van der Waals surface area (Å²) in [7, 11) is -3.37. The van der Waals surface area contributed by atoms with E-state index in [1.807, 2.05) is 31.2 Å². The van der Waals surface area contributed by atoms with Crippen LogP contribution in [0.2, 0.25) is 0 Å². The van der Waals surface area contributed by atoms with E-state index in [-0.39, 0.29) is 12.5 Å². The summed E-state index contributed by atoms with van der Waals surface area (Å²) in [6, 6.07) is 7.91. The van der Waals surface area contributed by atoms with E-state index in [4.69, 9.17) is 4.52 Å². The molecule has 1 aliphatic heterocycles. The van der Waals surface area contributed by atoms with Gasteiger partial charge in [0.25, 0.3) is 0 Å². The average molecular weight is 393 g/mol. The standard InChI is InChI=1S/C17H23N5O4S/c1-13-3-5-14(6-4-13)17-19-15(26-20-17)12-21-7-9-22(10-8-21)16(23)11-18-27(2,24)25/h3-6,18H,7-12H2,1-2H3. The van der Waals surface area contributed by atoms with Gasteiger partial charge in [-0.25, -0.2) is 13.1 Å². The molecule has 146 valence electrons. The largest absolute Gasteiger partial charge is 0.339 e. The normalized spacial score (nSPS) is 15.9. The number of hydrogen-bond acceptors (Lipinski definition) is 7. The Morgan fingerprint density at radius 3 is 2.48 bits per heavy atom. The Morgan fingerprint density at radius 2 is 1.85 bits per heavy atom. The number of amides is 1. The van der Waals surface area contributed by atoms with Crippen molar-refractivity contribution in [3.05, 3.63) is 35.7 Å². The zero-order valence-corrected chi connectivity index (χ0v) is 16.2. The molecular formula is C17H23N5O4S. The predicted octanol–water partition coefficient (Wildman–Crippen LogP) is 0.238. The van der Waals surface area contributed by atoms with Crippen molar-refractivity contribution in [3.8, 4) is 11.4 Å². The maximum Gasteiger partial charge on any atom is 0.241 e. The van der Waals surface area contributed by atoms with Crippen LogP contribution < -0.4 is 4.72 Å². The van der Waals surface area contributed by atoms with Gasteiger partial charge < -0.3 is 9.42 Å². The maximum atomic E-state index is 12.0. The van der Waals surface area contributed by atoms with Crippen molar-refractivity contribution >= 4 is 15.9 Å². The number of hydrogen-bond donors (Lipinski definition) is 1. The molecule has 3 rings (SSSR count). The van der Waals surface area contributed by atoms with Gasteiger partial charge in [-0.15, -0.1) is 0 Å². The van der Waals surface area contributed by atoms with Gasteiger partial charge in [0.2, 0.25) is 27.6 Å². The van der Waals surface area contributed by atoms with Crippen LogP contribution in [0, 0.1) is 6.92 Å². The Morgan fingerprint density at radius 1 is 1.19 bits per heavy atom. The number of rotatable bonds is 6. The average Bonchev–Trinajstić information content (AvgIpc) is 3.09. The number of carbonyl (C=O) groups is 1. The second-order valence-corrected chi connectivity index (χ2v) is 8.46. The lowest BCUT2D eigenvalue weighted by Crippen LogP contribution is -2.50. The molecule has 1 N–H and O–H groups in total. The van der Waals surface area contributed by atoms with Gasteiger partial charge in [0.05, 0.1) is 19.3 Å². The van der Waals surface area contributed by atoms with Crippen LogP contribution in [-0.2, 0) is 21.4 Å². The summed E-state index contributed by atoms with van der Waals surface area (Å²) in [5.74, 6) is 0.870. The second-order valence-electron chi connectivity index (χ2n) is 6.63. The highest BCUT2D eigenvalue weighted by molar-refractivity contribution is 7.88. The Labute approximate surface area is 158 Å². The molecule has 1 aromatic heterocycles. The van der Waals surface area contributed by atoms with E-state index in [0.29, 0.717) is 44.4 Å². The Balaban J connectivity index is 1.49. The molecular weight excluding hydrogens is 370 g/mol. The van der Waals surface area contributed by atoms with Gasteiger partial charge in [-0.05, 0) is 6.92 Å². The van der Waals surface area contributed by atoms with E-state index < -0.39 is 10.0 Å². The predicted molar refractivity (Wildman–Crippen MR) is 99.2 cm³/mol. The third-order valence-corrected chi connectivity index (χ3v) is 5.02. The van der Waals surface area contributed by atoms with Gasteiger partial charge >= 0.3 is 0 Å². The first kappa shape index (κ1) is 19.5. The number of benzene rings is 1. The van der Waals surface area contributed by atoms with Gasteiger partial charge in [-0.1, -0.05) is 35.0 Å². The number of piperazine rings is 1. The highest BCUT2D eigenvalue weighted by Gasteiger charge is 2.23. The van der Waals surface area contributed by atoms with E-state index in [9.17, 15) is 13.2 Å². The monoisotopic (exact) mass is 393 g/mol. The number of aromatic nitrogens is 2. The first-order chi connectivity index (χ1) is 12.8. The molecule has 0 atom stereocenters. The Bertz CT molecular complexity index is 886. The van der Waals surface area contributed by atoms with E-state index in [1.165, 1.54) is 5.56 Å². The zero-order valence-electron chi connectivity index (χ0n) is 15.4. The lowest BCUT2D eigenvalue weighted by atomic mass is 10.1. The Hall–Kier alpha value is -2.30. The van der Waals surface area contributed by atoms with Crippen LogP contribution in [0.15, 0.2) is 28.8 Å². The number of nitrogens with zero attached hydrogens (tertiary/aromatic N) is 4. The molecule has 1 aliphatic rings. The van der Waals surface area contributed by atoms with Crippen molar-refractivity contribution in [1.29, 1.82) is 0 Å². The third kappa shape index (κ3) is 5.59. The number of carbonyl (C=O) groups excluding carboxylic acids is 1. The number of sulfonamides is 1. The molecule has 0 bridgehead atoms. The fraction of sp³-hybridized carbons (Fsp3) is 0.471. The maximum absolute atomic E-state index is 12.0. The fourth-order valence-corrected chi connectivity index (χ4v) is 3.18. The molecule has 1 saturated heterocycles.